The van der Waals surface area contributed by atoms with Crippen LogP contribution < -0.4 is 5.32 Å². The molecule has 0 aromatic rings. The first-order valence-electron chi connectivity index (χ1n) is 3.99. The van der Waals surface area contributed by atoms with E-state index in [0.717, 1.165) is 25.7 Å². The number of amides is 1. The van der Waals surface area contributed by atoms with Crippen molar-refractivity contribution >= 4 is 5.91 Å². The van der Waals surface area contributed by atoms with Crippen molar-refractivity contribution in [3.8, 4) is 6.07 Å². The second kappa shape index (κ2) is 3.97. The number of nitrogens with one attached hydrogen (secondary N) is 1. The van der Waals surface area contributed by atoms with Crippen molar-refractivity contribution in [3.63, 3.8) is 0 Å². The van der Waals surface area contributed by atoms with E-state index in [4.69, 9.17) is 5.26 Å². The van der Waals surface area contributed by atoms with E-state index in [0.29, 0.717) is 0 Å². The highest BCUT2D eigenvalue weighted by Crippen LogP contribution is 2.24. The molecule has 0 radical (unpaired) electrons. The van der Waals surface area contributed by atoms with Crippen LogP contribution in [-0.4, -0.2) is 12.5 Å². The summed E-state index contributed by atoms with van der Waals surface area (Å²) in [6, 6.07) is 1.89. The summed E-state index contributed by atoms with van der Waals surface area (Å²) in [5.41, 5.74) is 0. The Balaban J connectivity index is 2.24. The minimum absolute atomic E-state index is 0.0593. The average Bonchev–Trinajstić information content (AvgIpc) is 2.52. The lowest BCUT2D eigenvalue weighted by molar-refractivity contribution is -0.124. The summed E-state index contributed by atoms with van der Waals surface area (Å²) in [4.78, 5) is 11.1. The van der Waals surface area contributed by atoms with Crippen LogP contribution in [0.3, 0.4) is 0 Å². The number of hydrogen-bond acceptors (Lipinski definition) is 2. The monoisotopic (exact) mass is 152 g/mol. The van der Waals surface area contributed by atoms with E-state index in [1.54, 1.807) is 0 Å². The van der Waals surface area contributed by atoms with E-state index in [1.807, 2.05) is 6.07 Å². The molecule has 0 bridgehead atoms. The van der Waals surface area contributed by atoms with Crippen molar-refractivity contribution in [2.75, 3.05) is 6.54 Å². The molecule has 0 heterocycles. The minimum atomic E-state index is 0.0593. The summed E-state index contributed by atoms with van der Waals surface area (Å²) in [7, 11) is 0. The van der Waals surface area contributed by atoms with Crippen LogP contribution >= 0.6 is 0 Å². The molecule has 0 aliphatic heterocycles. The Bertz CT molecular complexity index is 177. The van der Waals surface area contributed by atoms with Crippen LogP contribution in [0.2, 0.25) is 0 Å². The lowest BCUT2D eigenvalue weighted by atomic mass is 10.1. The zero-order chi connectivity index (χ0) is 8.10. The maximum absolute atomic E-state index is 11.1. The quantitative estimate of drug-likeness (QED) is 0.595. The molecule has 0 saturated heterocycles. The van der Waals surface area contributed by atoms with Crippen LogP contribution in [0, 0.1) is 17.2 Å². The van der Waals surface area contributed by atoms with Crippen LogP contribution in [0.4, 0.5) is 0 Å². The van der Waals surface area contributed by atoms with Crippen molar-refractivity contribution in [2.45, 2.75) is 25.7 Å². The predicted molar refractivity (Wildman–Crippen MR) is 40.6 cm³/mol. The fraction of sp³-hybridized carbons (Fsp3) is 0.750. The highest BCUT2D eigenvalue weighted by atomic mass is 16.1. The van der Waals surface area contributed by atoms with Gasteiger partial charge >= 0.3 is 0 Å². The summed E-state index contributed by atoms with van der Waals surface area (Å²) in [6.07, 6.45) is 4.31. The van der Waals surface area contributed by atoms with E-state index in [2.05, 4.69) is 5.32 Å². The largest absolute Gasteiger partial charge is 0.343 e. The molecule has 3 nitrogen and oxygen atoms in total. The fourth-order valence-corrected chi connectivity index (χ4v) is 1.46. The third-order valence-electron chi connectivity index (χ3n) is 2.07. The second-order valence-corrected chi connectivity index (χ2v) is 2.86. The average molecular weight is 152 g/mol. The van der Waals surface area contributed by atoms with E-state index < -0.39 is 0 Å². The van der Waals surface area contributed by atoms with Gasteiger partial charge in [0, 0.05) is 5.92 Å². The summed E-state index contributed by atoms with van der Waals surface area (Å²) < 4.78 is 0. The zero-order valence-corrected chi connectivity index (χ0v) is 6.47. The zero-order valence-electron chi connectivity index (χ0n) is 6.47. The molecule has 0 aromatic heterocycles. The molecule has 1 aliphatic rings. The summed E-state index contributed by atoms with van der Waals surface area (Å²) in [6.45, 7) is 0.148. The van der Waals surface area contributed by atoms with Crippen molar-refractivity contribution in [1.82, 2.24) is 5.32 Å². The Morgan fingerprint density at radius 2 is 2.18 bits per heavy atom. The van der Waals surface area contributed by atoms with Crippen molar-refractivity contribution in [3.05, 3.63) is 0 Å². The second-order valence-electron chi connectivity index (χ2n) is 2.86. The normalized spacial score (nSPS) is 17.7. The van der Waals surface area contributed by atoms with Crippen molar-refractivity contribution < 1.29 is 4.79 Å². The summed E-state index contributed by atoms with van der Waals surface area (Å²) in [5, 5.41) is 10.8. The predicted octanol–water partition coefficient (Wildman–Crippen LogP) is 0.816. The Kier molecular flexibility index (Phi) is 2.91. The van der Waals surface area contributed by atoms with Gasteiger partial charge in [-0.05, 0) is 12.8 Å². The molecule has 0 spiro atoms. The summed E-state index contributed by atoms with van der Waals surface area (Å²) in [5.74, 6) is 0.243. The van der Waals surface area contributed by atoms with Crippen LogP contribution in [0.1, 0.15) is 25.7 Å². The van der Waals surface area contributed by atoms with Gasteiger partial charge < -0.3 is 5.32 Å². The number of nitriles is 1. The van der Waals surface area contributed by atoms with Crippen molar-refractivity contribution in [2.24, 2.45) is 5.92 Å². The first-order valence-corrected chi connectivity index (χ1v) is 3.99. The highest BCUT2D eigenvalue weighted by Gasteiger charge is 2.21. The first-order chi connectivity index (χ1) is 5.34. The first kappa shape index (κ1) is 8.06. The molecule has 60 valence electrons. The number of nitrogens with zero attached hydrogens (tertiary/aromatic N) is 1. The van der Waals surface area contributed by atoms with E-state index in [9.17, 15) is 4.79 Å². The van der Waals surface area contributed by atoms with Gasteiger partial charge in [-0.1, -0.05) is 12.8 Å². The van der Waals surface area contributed by atoms with Gasteiger partial charge in [0.2, 0.25) is 5.91 Å². The van der Waals surface area contributed by atoms with Gasteiger partial charge in [-0.2, -0.15) is 5.26 Å². The summed E-state index contributed by atoms with van der Waals surface area (Å²) >= 11 is 0. The Morgan fingerprint density at radius 3 is 2.73 bits per heavy atom. The smallest absolute Gasteiger partial charge is 0.223 e. The third kappa shape index (κ3) is 2.23. The molecule has 0 atom stereocenters. The molecule has 1 N–H and O–H groups in total. The molecule has 1 amide bonds. The van der Waals surface area contributed by atoms with Gasteiger partial charge in [0.25, 0.3) is 0 Å². The van der Waals surface area contributed by atoms with Crippen molar-refractivity contribution in [1.29, 1.82) is 5.26 Å². The molecule has 0 aromatic carbocycles. The van der Waals surface area contributed by atoms with Gasteiger partial charge in [-0.3, -0.25) is 4.79 Å². The molecule has 0 unspecified atom stereocenters. The van der Waals surface area contributed by atoms with Crippen LogP contribution in [0.25, 0.3) is 0 Å². The minimum Gasteiger partial charge on any atom is -0.343 e. The number of rotatable bonds is 2. The molecule has 1 saturated carbocycles. The SMILES string of the molecule is N#CCNC(=O)C1CCCC1. The van der Waals surface area contributed by atoms with E-state index >= 15 is 0 Å². The van der Waals surface area contributed by atoms with E-state index in [1.165, 1.54) is 0 Å². The maximum atomic E-state index is 11.1. The van der Waals surface area contributed by atoms with Gasteiger partial charge in [0.15, 0.2) is 0 Å². The molecule has 1 aliphatic carbocycles. The van der Waals surface area contributed by atoms with E-state index in [-0.39, 0.29) is 18.4 Å². The standard InChI is InChI=1S/C8H12N2O/c9-5-6-10-8(11)7-3-1-2-4-7/h7H,1-4,6H2,(H,10,11). The highest BCUT2D eigenvalue weighted by molar-refractivity contribution is 5.79. The number of carbonyl (C=O) groups excluding carboxylic acids is 1. The molecular formula is C8H12N2O. The van der Waals surface area contributed by atoms with Gasteiger partial charge in [-0.15, -0.1) is 0 Å². The van der Waals surface area contributed by atoms with Gasteiger partial charge in [0.1, 0.15) is 6.54 Å². The molecule has 1 fully saturated rings. The van der Waals surface area contributed by atoms with Crippen LogP contribution in [0.5, 0.6) is 0 Å². The lowest BCUT2D eigenvalue weighted by Crippen LogP contribution is -2.29. The number of carbonyl (C=O) groups is 1. The topological polar surface area (TPSA) is 52.9 Å². The molecular weight excluding hydrogens is 140 g/mol. The maximum Gasteiger partial charge on any atom is 0.223 e. The fourth-order valence-electron chi connectivity index (χ4n) is 1.46. The number of hydrogen-bond donors (Lipinski definition) is 1. The molecule has 1 rings (SSSR count). The van der Waals surface area contributed by atoms with Crippen LogP contribution in [-0.2, 0) is 4.79 Å². The Morgan fingerprint density at radius 1 is 1.55 bits per heavy atom. The Labute approximate surface area is 66.4 Å². The van der Waals surface area contributed by atoms with Gasteiger partial charge in [0.05, 0.1) is 6.07 Å². The molecule has 3 heteroatoms. The van der Waals surface area contributed by atoms with Gasteiger partial charge in [-0.25, -0.2) is 0 Å². The lowest BCUT2D eigenvalue weighted by Gasteiger charge is -2.06. The third-order valence-corrected chi connectivity index (χ3v) is 2.07. The molecule has 11 heavy (non-hydrogen) atoms. The Hall–Kier alpha value is -1.04. The van der Waals surface area contributed by atoms with Crippen LogP contribution in [0.15, 0.2) is 0 Å².